The van der Waals surface area contributed by atoms with Gasteiger partial charge in [0, 0.05) is 5.92 Å². The number of hydrogen-bond acceptors (Lipinski definition) is 1. The number of ketones is 1. The Bertz CT molecular complexity index is 343. The van der Waals surface area contributed by atoms with Crippen molar-refractivity contribution in [1.29, 1.82) is 0 Å². The fourth-order valence-electron chi connectivity index (χ4n) is 3.46. The Hall–Kier alpha value is -0.590. The second kappa shape index (κ2) is 4.59. The normalized spacial score (nSPS) is 30.5. The summed E-state index contributed by atoms with van der Waals surface area (Å²) in [6.07, 6.45) is 7.25. The number of carbonyl (C=O) groups excluding carboxylic acids is 1. The van der Waals surface area contributed by atoms with Gasteiger partial charge in [0.2, 0.25) is 0 Å². The molecule has 1 saturated carbocycles. The fraction of sp³-hybridized carbons (Fsp3) is 0.812. The first-order valence-corrected chi connectivity index (χ1v) is 7.14. The van der Waals surface area contributed by atoms with Gasteiger partial charge < -0.3 is 0 Å². The van der Waals surface area contributed by atoms with Crippen LogP contribution in [0.2, 0.25) is 0 Å². The van der Waals surface area contributed by atoms with E-state index < -0.39 is 0 Å². The van der Waals surface area contributed by atoms with Crippen molar-refractivity contribution in [3.63, 3.8) is 0 Å². The number of allylic oxidation sites excluding steroid dienone is 2. The molecule has 1 heteroatoms. The van der Waals surface area contributed by atoms with Crippen molar-refractivity contribution in [2.24, 2.45) is 17.3 Å². The molecule has 2 atom stereocenters. The average Bonchev–Trinajstić information content (AvgIpc) is 2.23. The minimum atomic E-state index is 0.233. The van der Waals surface area contributed by atoms with E-state index in [-0.39, 0.29) is 11.3 Å². The van der Waals surface area contributed by atoms with E-state index in [1.165, 1.54) is 36.8 Å². The van der Waals surface area contributed by atoms with Crippen molar-refractivity contribution >= 4 is 5.78 Å². The molecule has 0 aliphatic heterocycles. The van der Waals surface area contributed by atoms with Crippen molar-refractivity contribution in [3.8, 4) is 0 Å². The molecule has 0 aromatic heterocycles. The Balaban J connectivity index is 2.33. The summed E-state index contributed by atoms with van der Waals surface area (Å²) < 4.78 is 0. The van der Waals surface area contributed by atoms with Crippen LogP contribution in [-0.4, -0.2) is 5.78 Å². The third-order valence-corrected chi connectivity index (χ3v) is 4.22. The lowest BCUT2D eigenvalue weighted by molar-refractivity contribution is -0.120. The molecule has 17 heavy (non-hydrogen) atoms. The van der Waals surface area contributed by atoms with Crippen LogP contribution in [0.5, 0.6) is 0 Å². The summed E-state index contributed by atoms with van der Waals surface area (Å²) in [6, 6.07) is 0. The van der Waals surface area contributed by atoms with Gasteiger partial charge in [0.1, 0.15) is 0 Å². The van der Waals surface area contributed by atoms with Crippen molar-refractivity contribution in [1.82, 2.24) is 0 Å². The molecule has 2 aliphatic carbocycles. The van der Waals surface area contributed by atoms with Crippen molar-refractivity contribution in [3.05, 3.63) is 11.1 Å². The molecule has 0 radical (unpaired) electrons. The van der Waals surface area contributed by atoms with Gasteiger partial charge in [0.05, 0.1) is 0 Å². The van der Waals surface area contributed by atoms with E-state index >= 15 is 0 Å². The maximum absolute atomic E-state index is 12.4. The minimum absolute atomic E-state index is 0.233. The summed E-state index contributed by atoms with van der Waals surface area (Å²) >= 11 is 0. The summed E-state index contributed by atoms with van der Waals surface area (Å²) in [7, 11) is 0. The smallest absolute Gasteiger partial charge is 0.161 e. The molecular weight excluding hydrogens is 208 g/mol. The van der Waals surface area contributed by atoms with E-state index in [4.69, 9.17) is 0 Å². The highest BCUT2D eigenvalue weighted by Crippen LogP contribution is 2.43. The Kier molecular flexibility index (Phi) is 3.47. The highest BCUT2D eigenvalue weighted by Gasteiger charge is 2.35. The van der Waals surface area contributed by atoms with Crippen LogP contribution < -0.4 is 0 Å². The number of rotatable bonds is 1. The van der Waals surface area contributed by atoms with Gasteiger partial charge in [-0.3, -0.25) is 4.79 Å². The number of fused-ring (bicyclic) bond motifs is 1. The van der Waals surface area contributed by atoms with Gasteiger partial charge in [0.15, 0.2) is 5.78 Å². The first-order valence-electron chi connectivity index (χ1n) is 7.14. The number of Topliss-reactive ketones (excluding diaryl/α,β-unsaturated/α-hetero) is 1. The van der Waals surface area contributed by atoms with Crippen molar-refractivity contribution in [2.45, 2.75) is 66.2 Å². The second-order valence-electron chi connectivity index (χ2n) is 7.18. The van der Waals surface area contributed by atoms with E-state index in [1.54, 1.807) is 0 Å². The maximum Gasteiger partial charge on any atom is 0.161 e. The molecule has 96 valence electrons. The van der Waals surface area contributed by atoms with Crippen LogP contribution in [0.3, 0.4) is 0 Å². The molecule has 1 nitrogen and oxygen atoms in total. The van der Waals surface area contributed by atoms with Crippen LogP contribution in [0, 0.1) is 17.3 Å². The van der Waals surface area contributed by atoms with Crippen LogP contribution in [-0.2, 0) is 4.79 Å². The molecule has 1 fully saturated rings. The predicted octanol–water partition coefficient (Wildman–Crippen LogP) is 4.52. The monoisotopic (exact) mass is 234 g/mol. The van der Waals surface area contributed by atoms with Crippen LogP contribution >= 0.6 is 0 Å². The molecule has 0 spiro atoms. The molecule has 0 aromatic rings. The Morgan fingerprint density at radius 3 is 2.59 bits per heavy atom. The van der Waals surface area contributed by atoms with Gasteiger partial charge in [-0.2, -0.15) is 0 Å². The predicted molar refractivity (Wildman–Crippen MR) is 71.8 cm³/mol. The standard InChI is InChI=1S/C16H26O/c1-11-9-12-7-5-6-8-13(12)14(15(11)17)10-16(2,3)4/h11-12H,5-10H2,1-4H3. The molecule has 0 N–H and O–H groups in total. The van der Waals surface area contributed by atoms with E-state index in [9.17, 15) is 4.79 Å². The fourth-order valence-corrected chi connectivity index (χ4v) is 3.46. The van der Waals surface area contributed by atoms with Crippen molar-refractivity contribution in [2.75, 3.05) is 0 Å². The second-order valence-corrected chi connectivity index (χ2v) is 7.18. The highest BCUT2D eigenvalue weighted by atomic mass is 16.1. The van der Waals surface area contributed by atoms with E-state index in [1.807, 2.05) is 0 Å². The summed E-state index contributed by atoms with van der Waals surface area (Å²) in [4.78, 5) is 12.4. The maximum atomic E-state index is 12.4. The summed E-state index contributed by atoms with van der Waals surface area (Å²) in [6.45, 7) is 8.84. The highest BCUT2D eigenvalue weighted by molar-refractivity contribution is 5.98. The van der Waals surface area contributed by atoms with E-state index in [0.717, 1.165) is 18.8 Å². The molecule has 2 unspecified atom stereocenters. The molecule has 0 aromatic carbocycles. The third kappa shape index (κ3) is 2.81. The van der Waals surface area contributed by atoms with E-state index in [2.05, 4.69) is 27.7 Å². The molecule has 0 heterocycles. The van der Waals surface area contributed by atoms with Crippen LogP contribution in [0.4, 0.5) is 0 Å². The SMILES string of the molecule is CC1CC2CCCCC2=C(CC(C)(C)C)C1=O. The lowest BCUT2D eigenvalue weighted by Crippen LogP contribution is -2.30. The van der Waals surface area contributed by atoms with Gasteiger partial charge in [-0.15, -0.1) is 0 Å². The molecular formula is C16H26O. The summed E-state index contributed by atoms with van der Waals surface area (Å²) in [5.41, 5.74) is 2.98. The van der Waals surface area contributed by atoms with Crippen LogP contribution in [0.1, 0.15) is 66.2 Å². The first kappa shape index (κ1) is 12.9. The molecule has 0 amide bonds. The van der Waals surface area contributed by atoms with Crippen LogP contribution in [0.25, 0.3) is 0 Å². The molecule has 0 bridgehead atoms. The Morgan fingerprint density at radius 1 is 1.24 bits per heavy atom. The van der Waals surface area contributed by atoms with Gasteiger partial charge >= 0.3 is 0 Å². The zero-order valence-corrected chi connectivity index (χ0v) is 11.8. The van der Waals surface area contributed by atoms with E-state index in [0.29, 0.717) is 5.78 Å². The average molecular weight is 234 g/mol. The van der Waals surface area contributed by atoms with Crippen molar-refractivity contribution < 1.29 is 4.79 Å². The quantitative estimate of drug-likeness (QED) is 0.652. The summed E-state index contributed by atoms with van der Waals surface area (Å²) in [5.74, 6) is 1.45. The largest absolute Gasteiger partial charge is 0.294 e. The van der Waals surface area contributed by atoms with Gasteiger partial charge in [0.25, 0.3) is 0 Å². The zero-order valence-electron chi connectivity index (χ0n) is 11.8. The first-order chi connectivity index (χ1) is 7.88. The lowest BCUT2D eigenvalue weighted by atomic mass is 9.68. The Morgan fingerprint density at radius 2 is 1.94 bits per heavy atom. The third-order valence-electron chi connectivity index (χ3n) is 4.22. The minimum Gasteiger partial charge on any atom is -0.294 e. The Labute approximate surface area is 106 Å². The summed E-state index contributed by atoms with van der Waals surface area (Å²) in [5, 5.41) is 0. The molecule has 2 rings (SSSR count). The lowest BCUT2D eigenvalue weighted by Gasteiger charge is -2.36. The number of carbonyl (C=O) groups is 1. The van der Waals surface area contributed by atoms with Gasteiger partial charge in [-0.05, 0) is 49.0 Å². The van der Waals surface area contributed by atoms with Gasteiger partial charge in [-0.25, -0.2) is 0 Å². The van der Waals surface area contributed by atoms with Crippen LogP contribution in [0.15, 0.2) is 11.1 Å². The zero-order chi connectivity index (χ0) is 12.6. The topological polar surface area (TPSA) is 17.1 Å². The van der Waals surface area contributed by atoms with Gasteiger partial charge in [-0.1, -0.05) is 39.7 Å². The number of hydrogen-bond donors (Lipinski definition) is 0. The molecule has 2 aliphatic rings. The molecule has 0 saturated heterocycles.